The number of halogens is 1. The zero-order valence-electron chi connectivity index (χ0n) is 13.0. The third kappa shape index (κ3) is 3.04. The van der Waals surface area contributed by atoms with Crippen LogP contribution in [0.25, 0.3) is 0 Å². The molecule has 0 saturated carbocycles. The highest BCUT2D eigenvalue weighted by Crippen LogP contribution is 2.30. The maximum Gasteiger partial charge on any atom is 0.137 e. The fraction of sp³-hybridized carbons (Fsp3) is 0.600. The molecule has 0 aliphatic carbocycles. The first-order chi connectivity index (χ1) is 10.6. The lowest BCUT2D eigenvalue weighted by molar-refractivity contribution is 0.0484. The zero-order valence-corrected chi connectivity index (χ0v) is 13.7. The Hall–Kier alpha value is -1.37. The first kappa shape index (κ1) is 15.5. The van der Waals surface area contributed by atoms with Crippen molar-refractivity contribution < 1.29 is 5.11 Å². The number of nitrogens with zero attached hydrogens (tertiary/aromatic N) is 5. The van der Waals surface area contributed by atoms with Gasteiger partial charge < -0.3 is 14.2 Å². The minimum atomic E-state index is -0.482. The van der Waals surface area contributed by atoms with Gasteiger partial charge in [0.2, 0.25) is 0 Å². The van der Waals surface area contributed by atoms with E-state index in [1.807, 2.05) is 29.4 Å². The summed E-state index contributed by atoms with van der Waals surface area (Å²) in [6.07, 6.45) is 6.74. The second-order valence-corrected chi connectivity index (χ2v) is 6.40. The first-order valence-electron chi connectivity index (χ1n) is 7.60. The number of piperidine rings is 1. The minimum absolute atomic E-state index is 0.266. The number of rotatable bonds is 4. The van der Waals surface area contributed by atoms with Gasteiger partial charge >= 0.3 is 0 Å². The number of aliphatic hydroxyl groups excluding tert-OH is 1. The van der Waals surface area contributed by atoms with E-state index in [0.29, 0.717) is 5.15 Å². The molecule has 1 aliphatic rings. The Morgan fingerprint density at radius 2 is 2.05 bits per heavy atom. The van der Waals surface area contributed by atoms with E-state index in [2.05, 4.69) is 14.9 Å². The van der Waals surface area contributed by atoms with Gasteiger partial charge in [0.05, 0.1) is 12.7 Å². The van der Waals surface area contributed by atoms with Crippen molar-refractivity contribution in [3.05, 3.63) is 35.4 Å². The number of aliphatic hydroxyl groups is 1. The van der Waals surface area contributed by atoms with Gasteiger partial charge in [-0.1, -0.05) is 11.6 Å². The van der Waals surface area contributed by atoms with E-state index < -0.39 is 6.10 Å². The van der Waals surface area contributed by atoms with Gasteiger partial charge in [0.15, 0.2) is 0 Å². The van der Waals surface area contributed by atoms with Crippen LogP contribution in [0.1, 0.15) is 30.6 Å². The number of likely N-dealkylation sites (tertiary alicyclic amines) is 1. The van der Waals surface area contributed by atoms with Gasteiger partial charge in [-0.25, -0.2) is 9.97 Å². The second-order valence-electron chi connectivity index (χ2n) is 6.01. The topological polar surface area (TPSA) is 59.1 Å². The van der Waals surface area contributed by atoms with E-state index >= 15 is 0 Å². The average Bonchev–Trinajstić information content (AvgIpc) is 3.08. The van der Waals surface area contributed by atoms with Crippen molar-refractivity contribution in [3.63, 3.8) is 0 Å². The Kier molecular flexibility index (Phi) is 4.52. The van der Waals surface area contributed by atoms with E-state index in [1.54, 1.807) is 12.4 Å². The van der Waals surface area contributed by atoms with Crippen molar-refractivity contribution in [2.24, 2.45) is 20.0 Å². The molecule has 0 bridgehead atoms. The Labute approximate surface area is 135 Å². The summed E-state index contributed by atoms with van der Waals surface area (Å²) in [5.41, 5.74) is 0. The van der Waals surface area contributed by atoms with Crippen molar-refractivity contribution in [1.29, 1.82) is 0 Å². The molecule has 1 aliphatic heterocycles. The maximum atomic E-state index is 10.5. The van der Waals surface area contributed by atoms with Gasteiger partial charge in [0.1, 0.15) is 22.9 Å². The van der Waals surface area contributed by atoms with E-state index in [9.17, 15) is 5.11 Å². The Morgan fingerprint density at radius 3 is 2.59 bits per heavy atom. The van der Waals surface area contributed by atoms with E-state index in [4.69, 9.17) is 11.6 Å². The number of aromatic nitrogens is 4. The van der Waals surface area contributed by atoms with Gasteiger partial charge in [0.25, 0.3) is 0 Å². The van der Waals surface area contributed by atoms with Crippen LogP contribution in [0.15, 0.2) is 18.6 Å². The summed E-state index contributed by atoms with van der Waals surface area (Å²) in [4.78, 5) is 11.0. The smallest absolute Gasteiger partial charge is 0.137 e. The lowest BCUT2D eigenvalue weighted by Crippen LogP contribution is -2.36. The van der Waals surface area contributed by atoms with E-state index in [0.717, 1.165) is 44.1 Å². The van der Waals surface area contributed by atoms with Crippen LogP contribution in [0.2, 0.25) is 5.15 Å². The van der Waals surface area contributed by atoms with Crippen molar-refractivity contribution >= 4 is 11.6 Å². The monoisotopic (exact) mass is 323 g/mol. The molecule has 0 aromatic carbocycles. The van der Waals surface area contributed by atoms with Gasteiger partial charge in [-0.3, -0.25) is 4.90 Å². The third-order valence-electron chi connectivity index (χ3n) is 4.59. The predicted octanol–water partition coefficient (Wildman–Crippen LogP) is 1.75. The third-order valence-corrected chi connectivity index (χ3v) is 4.95. The normalized spacial score (nSPS) is 18.7. The first-order valence-corrected chi connectivity index (χ1v) is 7.97. The fourth-order valence-corrected chi connectivity index (χ4v) is 3.22. The molecule has 2 aromatic heterocycles. The highest BCUT2D eigenvalue weighted by atomic mass is 35.5. The van der Waals surface area contributed by atoms with Crippen LogP contribution in [0.5, 0.6) is 0 Å². The molecule has 1 saturated heterocycles. The summed E-state index contributed by atoms with van der Waals surface area (Å²) < 4.78 is 3.81. The van der Waals surface area contributed by atoms with Gasteiger partial charge in [-0.05, 0) is 31.8 Å². The largest absolute Gasteiger partial charge is 0.385 e. The van der Waals surface area contributed by atoms with Crippen molar-refractivity contribution in [1.82, 2.24) is 24.0 Å². The molecular formula is C15H22ClN5O. The van der Waals surface area contributed by atoms with E-state index in [-0.39, 0.29) is 5.92 Å². The van der Waals surface area contributed by atoms with Crippen LogP contribution in [0.4, 0.5) is 0 Å². The van der Waals surface area contributed by atoms with Crippen LogP contribution in [-0.4, -0.2) is 42.2 Å². The van der Waals surface area contributed by atoms with Crippen LogP contribution in [0.3, 0.4) is 0 Å². The van der Waals surface area contributed by atoms with Gasteiger partial charge in [0, 0.05) is 26.5 Å². The molecule has 1 N–H and O–H groups in total. The number of aryl methyl sites for hydroxylation is 1. The van der Waals surface area contributed by atoms with Gasteiger partial charge in [-0.2, -0.15) is 0 Å². The molecule has 120 valence electrons. The summed E-state index contributed by atoms with van der Waals surface area (Å²) in [5.74, 6) is 2.00. The zero-order chi connectivity index (χ0) is 15.7. The summed E-state index contributed by atoms with van der Waals surface area (Å²) in [6, 6.07) is 0. The molecule has 1 unspecified atom stereocenters. The lowest BCUT2D eigenvalue weighted by Gasteiger charge is -2.33. The predicted molar refractivity (Wildman–Crippen MR) is 84.4 cm³/mol. The molecule has 2 aromatic rings. The number of hydrogen-bond donors (Lipinski definition) is 1. The average molecular weight is 324 g/mol. The molecule has 22 heavy (non-hydrogen) atoms. The molecular weight excluding hydrogens is 302 g/mol. The number of imidazole rings is 2. The molecule has 3 heterocycles. The van der Waals surface area contributed by atoms with Gasteiger partial charge in [-0.15, -0.1) is 0 Å². The summed E-state index contributed by atoms with van der Waals surface area (Å²) in [7, 11) is 3.85. The summed E-state index contributed by atoms with van der Waals surface area (Å²) >= 11 is 6.02. The molecule has 0 amide bonds. The maximum absolute atomic E-state index is 10.5. The molecule has 1 fully saturated rings. The highest BCUT2D eigenvalue weighted by Gasteiger charge is 2.28. The van der Waals surface area contributed by atoms with Crippen molar-refractivity contribution in [2.75, 3.05) is 13.1 Å². The standard InChI is InChI=1S/C15H22ClN5O/c1-19-8-5-17-15(19)14(22)11-3-6-21(7-4-11)10-13-18-9-12(16)20(13)2/h5,8-9,11,14,22H,3-4,6-7,10H2,1-2H3. The van der Waals surface area contributed by atoms with Crippen molar-refractivity contribution in [2.45, 2.75) is 25.5 Å². The van der Waals surface area contributed by atoms with Crippen LogP contribution < -0.4 is 0 Å². The Bertz CT molecular complexity index is 630. The molecule has 0 radical (unpaired) electrons. The second kappa shape index (κ2) is 6.40. The van der Waals surface area contributed by atoms with Crippen LogP contribution >= 0.6 is 11.6 Å². The Balaban J connectivity index is 1.56. The fourth-order valence-electron chi connectivity index (χ4n) is 3.07. The molecule has 0 spiro atoms. The Morgan fingerprint density at radius 1 is 1.32 bits per heavy atom. The molecule has 3 rings (SSSR count). The molecule has 6 nitrogen and oxygen atoms in total. The SMILES string of the molecule is Cn1ccnc1C(O)C1CCN(Cc2ncc(Cl)n2C)CC1. The quantitative estimate of drug-likeness (QED) is 0.931. The molecule has 1 atom stereocenters. The summed E-state index contributed by atoms with van der Waals surface area (Å²) in [5, 5.41) is 11.2. The van der Waals surface area contributed by atoms with Crippen LogP contribution in [0, 0.1) is 5.92 Å². The highest BCUT2D eigenvalue weighted by molar-refractivity contribution is 6.29. The minimum Gasteiger partial charge on any atom is -0.385 e. The molecule has 7 heteroatoms. The van der Waals surface area contributed by atoms with Crippen molar-refractivity contribution in [3.8, 4) is 0 Å². The van der Waals surface area contributed by atoms with E-state index in [1.165, 1.54) is 0 Å². The van der Waals surface area contributed by atoms with Crippen LogP contribution in [-0.2, 0) is 20.6 Å². The lowest BCUT2D eigenvalue weighted by atomic mass is 9.90. The summed E-state index contributed by atoms with van der Waals surface area (Å²) in [6.45, 7) is 2.71. The number of hydrogen-bond acceptors (Lipinski definition) is 4.